The van der Waals surface area contributed by atoms with Crippen molar-refractivity contribution in [2.24, 2.45) is 0 Å². The summed E-state index contributed by atoms with van der Waals surface area (Å²) in [6.07, 6.45) is 2.37. The van der Waals surface area contributed by atoms with Crippen LogP contribution in [0.5, 0.6) is 0 Å². The molecule has 1 aliphatic carbocycles. The van der Waals surface area contributed by atoms with Crippen LogP contribution in [0.25, 0.3) is 5.65 Å². The maximum Gasteiger partial charge on any atom is 0.266 e. The highest BCUT2D eigenvalue weighted by molar-refractivity contribution is 5.86. The van der Waals surface area contributed by atoms with Crippen LogP contribution in [-0.2, 0) is 4.79 Å². The van der Waals surface area contributed by atoms with Gasteiger partial charge in [0, 0.05) is 24.3 Å². The molecule has 1 fully saturated rings. The highest BCUT2D eigenvalue weighted by Gasteiger charge is 2.30. The minimum absolute atomic E-state index is 0.0583. The molecule has 0 aromatic carbocycles. The molecule has 0 amide bonds. The zero-order chi connectivity index (χ0) is 10.4. The number of H-pyrrole nitrogens is 1. The predicted octanol–water partition coefficient (Wildman–Crippen LogP) is -0.136. The Morgan fingerprint density at radius 3 is 2.93 bits per heavy atom. The molecular weight excluding hydrogens is 196 g/mol. The fraction of sp³-hybridized carbons (Fsp3) is 0.333. The van der Waals surface area contributed by atoms with Crippen LogP contribution in [0.15, 0.2) is 17.2 Å². The minimum atomic E-state index is -0.167. The molecule has 0 bridgehead atoms. The topological polar surface area (TPSA) is 80.1 Å². The van der Waals surface area contributed by atoms with Crippen LogP contribution in [0.2, 0.25) is 0 Å². The number of hydrogen-bond acceptors (Lipinski definition) is 4. The second kappa shape index (κ2) is 2.75. The average molecular weight is 204 g/mol. The van der Waals surface area contributed by atoms with E-state index in [0.717, 1.165) is 0 Å². The van der Waals surface area contributed by atoms with Crippen molar-refractivity contribution in [3.05, 3.63) is 28.3 Å². The first kappa shape index (κ1) is 8.34. The smallest absolute Gasteiger partial charge is 0.266 e. The molecule has 0 atom stereocenters. The van der Waals surface area contributed by atoms with E-state index in [-0.39, 0.29) is 17.3 Å². The summed E-state index contributed by atoms with van der Waals surface area (Å²) in [6.45, 7) is 0. The molecule has 0 radical (unpaired) electrons. The van der Waals surface area contributed by atoms with Gasteiger partial charge in [-0.3, -0.25) is 14.7 Å². The number of carbonyl (C=O) groups is 1. The maximum atomic E-state index is 11.6. The lowest BCUT2D eigenvalue weighted by molar-refractivity contribution is -0.124. The maximum absolute atomic E-state index is 11.6. The number of ketones is 1. The van der Waals surface area contributed by atoms with Crippen LogP contribution in [-0.4, -0.2) is 25.6 Å². The van der Waals surface area contributed by atoms with Gasteiger partial charge in [-0.2, -0.15) is 0 Å². The van der Waals surface area contributed by atoms with E-state index in [0.29, 0.717) is 24.1 Å². The fourth-order valence-electron chi connectivity index (χ4n) is 1.82. The van der Waals surface area contributed by atoms with Crippen LogP contribution < -0.4 is 5.56 Å². The van der Waals surface area contributed by atoms with Gasteiger partial charge in [0.1, 0.15) is 12.1 Å². The first-order valence-corrected chi connectivity index (χ1v) is 4.69. The van der Waals surface area contributed by atoms with E-state index in [2.05, 4.69) is 15.3 Å². The number of nitrogens with one attached hydrogen (secondary N) is 1. The van der Waals surface area contributed by atoms with Crippen LogP contribution in [0.4, 0.5) is 0 Å². The molecule has 0 saturated heterocycles. The van der Waals surface area contributed by atoms with E-state index in [1.807, 2.05) is 0 Å². The Bertz CT molecular complexity index is 589. The molecule has 6 heteroatoms. The van der Waals surface area contributed by atoms with Gasteiger partial charge in [-0.15, -0.1) is 10.2 Å². The second-order valence-electron chi connectivity index (χ2n) is 3.74. The molecule has 0 unspecified atom stereocenters. The third kappa shape index (κ3) is 1.18. The minimum Gasteiger partial charge on any atom is -0.300 e. The van der Waals surface area contributed by atoms with Crippen molar-refractivity contribution in [2.45, 2.75) is 18.8 Å². The Morgan fingerprint density at radius 2 is 2.20 bits per heavy atom. The van der Waals surface area contributed by atoms with Crippen molar-refractivity contribution in [1.82, 2.24) is 19.8 Å². The molecular formula is C9H8N4O2. The summed E-state index contributed by atoms with van der Waals surface area (Å²) in [6, 6.07) is 1.70. The normalized spacial score (nSPS) is 16.9. The molecule has 2 aromatic heterocycles. The Morgan fingerprint density at radius 1 is 1.40 bits per heavy atom. The number of hydrogen-bond donors (Lipinski definition) is 1. The van der Waals surface area contributed by atoms with Crippen molar-refractivity contribution in [3.8, 4) is 0 Å². The van der Waals surface area contributed by atoms with Crippen molar-refractivity contribution < 1.29 is 4.79 Å². The van der Waals surface area contributed by atoms with Gasteiger partial charge in [-0.05, 0) is 6.07 Å². The second-order valence-corrected chi connectivity index (χ2v) is 3.74. The number of aromatic amines is 1. The van der Waals surface area contributed by atoms with E-state index in [4.69, 9.17) is 0 Å². The lowest BCUT2D eigenvalue weighted by atomic mass is 9.79. The van der Waals surface area contributed by atoms with Gasteiger partial charge in [0.15, 0.2) is 5.65 Å². The van der Waals surface area contributed by atoms with Gasteiger partial charge in [-0.25, -0.2) is 4.52 Å². The van der Waals surface area contributed by atoms with Crippen molar-refractivity contribution in [2.75, 3.05) is 0 Å². The van der Waals surface area contributed by atoms with Gasteiger partial charge >= 0.3 is 0 Å². The molecule has 1 saturated carbocycles. The summed E-state index contributed by atoms with van der Waals surface area (Å²) in [5, 5.41) is 10.1. The summed E-state index contributed by atoms with van der Waals surface area (Å²) in [4.78, 5) is 22.5. The molecule has 1 N–H and O–H groups in total. The lowest BCUT2D eigenvalue weighted by Gasteiger charge is -2.23. The Labute approximate surface area is 83.9 Å². The summed E-state index contributed by atoms with van der Waals surface area (Å²) in [7, 11) is 0. The molecule has 2 heterocycles. The third-order valence-corrected chi connectivity index (χ3v) is 2.73. The Kier molecular flexibility index (Phi) is 1.53. The van der Waals surface area contributed by atoms with Gasteiger partial charge in [0.05, 0.1) is 0 Å². The van der Waals surface area contributed by atoms with Crippen LogP contribution in [0.3, 0.4) is 0 Å². The summed E-state index contributed by atoms with van der Waals surface area (Å²) < 4.78 is 1.46. The number of aromatic nitrogens is 4. The molecule has 3 rings (SSSR count). The van der Waals surface area contributed by atoms with E-state index in [9.17, 15) is 9.59 Å². The summed E-state index contributed by atoms with van der Waals surface area (Å²) in [5.41, 5.74) is 1.07. The first-order valence-electron chi connectivity index (χ1n) is 4.69. The molecule has 2 aromatic rings. The zero-order valence-electron chi connectivity index (χ0n) is 7.80. The van der Waals surface area contributed by atoms with Crippen molar-refractivity contribution in [3.63, 3.8) is 0 Å². The third-order valence-electron chi connectivity index (χ3n) is 2.73. The molecule has 0 spiro atoms. The lowest BCUT2D eigenvalue weighted by Crippen LogP contribution is -2.28. The van der Waals surface area contributed by atoms with Gasteiger partial charge < -0.3 is 0 Å². The number of nitrogens with zero attached hydrogens (tertiary/aromatic N) is 3. The SMILES string of the molecule is O=C1CC(c2cc3nncn3[nH]c2=O)C1. The number of rotatable bonds is 1. The fourth-order valence-corrected chi connectivity index (χ4v) is 1.82. The summed E-state index contributed by atoms with van der Waals surface area (Å²) >= 11 is 0. The molecule has 1 aliphatic rings. The highest BCUT2D eigenvalue weighted by atomic mass is 16.1. The van der Waals surface area contributed by atoms with Gasteiger partial charge in [-0.1, -0.05) is 0 Å². The molecule has 6 nitrogen and oxygen atoms in total. The van der Waals surface area contributed by atoms with Gasteiger partial charge in [0.25, 0.3) is 5.56 Å². The largest absolute Gasteiger partial charge is 0.300 e. The number of carbonyl (C=O) groups excluding carboxylic acids is 1. The van der Waals surface area contributed by atoms with Crippen LogP contribution in [0.1, 0.15) is 24.3 Å². The molecule has 0 aliphatic heterocycles. The van der Waals surface area contributed by atoms with Crippen molar-refractivity contribution >= 4 is 11.4 Å². The Balaban J connectivity index is 2.13. The highest BCUT2D eigenvalue weighted by Crippen LogP contribution is 2.31. The van der Waals surface area contributed by atoms with Gasteiger partial charge in [0.2, 0.25) is 0 Å². The van der Waals surface area contributed by atoms with E-state index >= 15 is 0 Å². The van der Waals surface area contributed by atoms with E-state index in [1.165, 1.54) is 10.8 Å². The molecule has 76 valence electrons. The van der Waals surface area contributed by atoms with E-state index < -0.39 is 0 Å². The number of Topliss-reactive ketones (excluding diaryl/α,β-unsaturated/α-hetero) is 1. The Hall–Kier alpha value is -1.98. The molecule has 15 heavy (non-hydrogen) atoms. The zero-order valence-corrected chi connectivity index (χ0v) is 7.80. The first-order chi connectivity index (χ1) is 7.24. The van der Waals surface area contributed by atoms with E-state index in [1.54, 1.807) is 6.07 Å². The van der Waals surface area contributed by atoms with Crippen molar-refractivity contribution in [1.29, 1.82) is 0 Å². The standard InChI is InChI=1S/C9H8N4O2/c14-6-1-5(2-6)7-3-8-11-10-4-13(8)12-9(7)15/h3-5H,1-2H2,(H,12,15). The summed E-state index contributed by atoms with van der Waals surface area (Å²) in [5.74, 6) is 0.267. The van der Waals surface area contributed by atoms with Crippen LogP contribution in [0, 0.1) is 0 Å². The monoisotopic (exact) mass is 204 g/mol. The predicted molar refractivity (Wildman–Crippen MR) is 50.6 cm³/mol. The average Bonchev–Trinajstić information content (AvgIpc) is 2.59. The van der Waals surface area contributed by atoms with Crippen LogP contribution >= 0.6 is 0 Å². The number of fused-ring (bicyclic) bond motifs is 1. The quantitative estimate of drug-likeness (QED) is 0.701.